The van der Waals surface area contributed by atoms with Crippen molar-refractivity contribution >= 4 is 22.1 Å². The molecular weight excluding hydrogens is 386 g/mol. The molecule has 0 saturated carbocycles. The molecule has 9 heteroatoms. The van der Waals surface area contributed by atoms with E-state index in [0.29, 0.717) is 0 Å². The summed E-state index contributed by atoms with van der Waals surface area (Å²) in [5.41, 5.74) is 1.47. The third-order valence-corrected chi connectivity index (χ3v) is 3.92. The maximum Gasteiger partial charge on any atom is 0.373 e. The summed E-state index contributed by atoms with van der Waals surface area (Å²) in [7, 11) is -5.55. The molecule has 28 heavy (non-hydrogen) atoms. The van der Waals surface area contributed by atoms with Gasteiger partial charge in [0.2, 0.25) is 17.4 Å². The van der Waals surface area contributed by atoms with E-state index < -0.39 is 75.1 Å². The van der Waals surface area contributed by atoms with Gasteiger partial charge in [0.15, 0.2) is 6.08 Å². The fourth-order valence-electron chi connectivity index (χ4n) is 1.95. The molecule has 1 aliphatic rings. The van der Waals surface area contributed by atoms with Crippen molar-refractivity contribution in [2.45, 2.75) is 18.7 Å². The van der Waals surface area contributed by atoms with Crippen LogP contribution in [-0.4, -0.2) is 20.4 Å². The second kappa shape index (κ2) is 8.98. The summed E-state index contributed by atoms with van der Waals surface area (Å²) in [5.74, 6) is -3.39. The van der Waals surface area contributed by atoms with Gasteiger partial charge in [-0.25, -0.2) is 0 Å². The number of aryl methyl sites for hydroxylation is 1. The Bertz CT molecular complexity index is 1370. The van der Waals surface area contributed by atoms with Crippen LogP contribution in [0.25, 0.3) is 0 Å². The van der Waals surface area contributed by atoms with Gasteiger partial charge >= 0.3 is 16.3 Å². The number of carbonyl (C=O) groups excluding carboxylic acids is 3. The lowest BCUT2D eigenvalue weighted by molar-refractivity contribution is -0.191. The smallest absolute Gasteiger partial charge is 0.373 e. The molecule has 0 amide bonds. The molecule has 0 aliphatic carbocycles. The van der Waals surface area contributed by atoms with Gasteiger partial charge in [-0.05, 0) is 12.5 Å². The third kappa shape index (κ3) is 5.29. The molecule has 146 valence electrons. The van der Waals surface area contributed by atoms with Crippen molar-refractivity contribution < 1.29 is 42.7 Å². The Morgan fingerprint density at radius 1 is 1.25 bits per heavy atom. The van der Waals surface area contributed by atoms with Gasteiger partial charge < -0.3 is 14.7 Å². The molecule has 2 aromatic carbocycles. The zero-order chi connectivity index (χ0) is 27.8. The standard InChI is InChI=1S/C18H17NO5S.CO2/c1-12-7-9-14(10-8-12)16-15(20)17(18(19)23-16)24-25(21,22)11-13-5-3-2-4-6-13;2-1-3/h2-10,16H,11,19H2,1H3;/i2D,3D,4D,5D,6D,11D2,16D;. The molecule has 1 aliphatic heterocycles. The third-order valence-electron chi connectivity index (χ3n) is 3.08. The lowest BCUT2D eigenvalue weighted by Crippen LogP contribution is -2.16. The molecular formula is C19H17NO7S. The van der Waals surface area contributed by atoms with Crippen molar-refractivity contribution in [2.75, 3.05) is 0 Å². The number of rotatable bonds is 5. The topological polar surface area (TPSA) is 130 Å². The summed E-state index contributed by atoms with van der Waals surface area (Å²) in [5, 5.41) is 0. The average Bonchev–Trinajstić information content (AvgIpc) is 3.00. The first-order valence-corrected chi connectivity index (χ1v) is 8.70. The molecule has 0 aromatic heterocycles. The van der Waals surface area contributed by atoms with Crippen LogP contribution in [0.3, 0.4) is 0 Å². The fraction of sp³-hybridized carbons (Fsp3) is 0.158. The van der Waals surface area contributed by atoms with Gasteiger partial charge in [-0.3, -0.25) is 4.79 Å². The van der Waals surface area contributed by atoms with Crippen LogP contribution in [0.4, 0.5) is 0 Å². The van der Waals surface area contributed by atoms with Crippen molar-refractivity contribution in [3.05, 3.63) is 82.8 Å². The molecule has 0 bridgehead atoms. The quantitative estimate of drug-likeness (QED) is 0.736. The Hall–Kier alpha value is -3.42. The van der Waals surface area contributed by atoms with Crippen molar-refractivity contribution in [3.8, 4) is 0 Å². The van der Waals surface area contributed by atoms with Crippen molar-refractivity contribution in [1.82, 2.24) is 0 Å². The zero-order valence-corrected chi connectivity index (χ0v) is 15.0. The predicted octanol–water partition coefficient (Wildman–Crippen LogP) is 1.73. The summed E-state index contributed by atoms with van der Waals surface area (Å²) in [4.78, 5) is 29.1. The number of Topliss-reactive ketones (excluding diaryl/α,β-unsaturated/α-hetero) is 1. The van der Waals surface area contributed by atoms with E-state index in [4.69, 9.17) is 31.0 Å². The Morgan fingerprint density at radius 2 is 1.82 bits per heavy atom. The SMILES string of the molecule is O=C=O.[2H]c1c([2H])c([2H])c(C([2H])([2H])S(=O)(=O)OC2=C(N)OC([2H])(c3ccc(C)cc3)C2=O)c([2H])c1[2H]. The minimum absolute atomic E-state index is 0.00526. The Balaban J connectivity index is 0.00000145. The summed E-state index contributed by atoms with van der Waals surface area (Å²) >= 11 is 0. The molecule has 2 N–H and O–H groups in total. The van der Waals surface area contributed by atoms with E-state index >= 15 is 0 Å². The number of ketones is 1. The van der Waals surface area contributed by atoms with Crippen molar-refractivity contribution in [2.24, 2.45) is 5.73 Å². The number of hydrogen-bond donors (Lipinski definition) is 1. The minimum Gasteiger partial charge on any atom is -0.460 e. The average molecular weight is 411 g/mol. The van der Waals surface area contributed by atoms with Crippen LogP contribution >= 0.6 is 0 Å². The van der Waals surface area contributed by atoms with E-state index in [2.05, 4.69) is 4.18 Å². The molecule has 0 saturated heterocycles. The second-order valence-corrected chi connectivity index (χ2v) is 6.32. The summed E-state index contributed by atoms with van der Waals surface area (Å²) in [6, 6.07) is 0.921. The highest BCUT2D eigenvalue weighted by Gasteiger charge is 2.39. The van der Waals surface area contributed by atoms with Gasteiger partial charge in [0.25, 0.3) is 0 Å². The van der Waals surface area contributed by atoms with Gasteiger partial charge in [-0.15, -0.1) is 0 Å². The van der Waals surface area contributed by atoms with E-state index in [1.54, 1.807) is 19.1 Å². The highest BCUT2D eigenvalue weighted by Crippen LogP contribution is 2.32. The van der Waals surface area contributed by atoms with Crippen LogP contribution in [0.15, 0.2) is 66.1 Å². The molecule has 0 radical (unpaired) electrons. The summed E-state index contributed by atoms with van der Waals surface area (Å²) in [6.45, 7) is 1.76. The first-order valence-electron chi connectivity index (χ1n) is 11.3. The Kier molecular flexibility index (Phi) is 3.89. The van der Waals surface area contributed by atoms with Gasteiger partial charge in [-0.1, -0.05) is 60.0 Å². The van der Waals surface area contributed by atoms with Crippen LogP contribution in [0.1, 0.15) is 33.7 Å². The van der Waals surface area contributed by atoms with E-state index in [0.717, 1.165) is 5.56 Å². The van der Waals surface area contributed by atoms with Crippen LogP contribution in [0.5, 0.6) is 0 Å². The monoisotopic (exact) mass is 411 g/mol. The zero-order valence-electron chi connectivity index (χ0n) is 22.2. The fourth-order valence-corrected chi connectivity index (χ4v) is 2.72. The van der Waals surface area contributed by atoms with Crippen molar-refractivity contribution in [1.29, 1.82) is 0 Å². The van der Waals surface area contributed by atoms with Crippen LogP contribution < -0.4 is 5.73 Å². The van der Waals surface area contributed by atoms with Crippen LogP contribution in [0.2, 0.25) is 0 Å². The normalized spacial score (nSPS) is 23.1. The second-order valence-electron chi connectivity index (χ2n) is 5.04. The summed E-state index contributed by atoms with van der Waals surface area (Å²) in [6.07, 6.45) is -2.24. The van der Waals surface area contributed by atoms with Gasteiger partial charge in [0, 0.05) is 5.56 Å². The minimum atomic E-state index is -5.55. The highest BCUT2D eigenvalue weighted by atomic mass is 32.2. The Morgan fingerprint density at radius 3 is 2.39 bits per heavy atom. The molecule has 1 heterocycles. The highest BCUT2D eigenvalue weighted by molar-refractivity contribution is 7.86. The predicted molar refractivity (Wildman–Crippen MR) is 96.4 cm³/mol. The number of nitrogens with two attached hydrogens (primary N) is 1. The van der Waals surface area contributed by atoms with Crippen molar-refractivity contribution in [3.63, 3.8) is 0 Å². The van der Waals surface area contributed by atoms with E-state index in [1.165, 1.54) is 12.1 Å². The van der Waals surface area contributed by atoms with E-state index in [9.17, 15) is 13.2 Å². The number of carbonyl (C=O) groups is 1. The summed E-state index contributed by atoms with van der Waals surface area (Å²) < 4.78 is 98.2. The molecule has 0 spiro atoms. The lowest BCUT2D eigenvalue weighted by atomic mass is 10.0. The Labute approximate surface area is 172 Å². The van der Waals surface area contributed by atoms with Gasteiger partial charge in [-0.2, -0.15) is 18.0 Å². The van der Waals surface area contributed by atoms with Crippen LogP contribution in [-0.2, 0) is 39.1 Å². The number of ether oxygens (including phenoxy) is 1. The molecule has 3 rings (SSSR count). The maximum absolute atomic E-state index is 12.8. The van der Waals surface area contributed by atoms with E-state index in [-0.39, 0.29) is 11.7 Å². The molecule has 0 fully saturated rings. The van der Waals surface area contributed by atoms with Gasteiger partial charge in [0.1, 0.15) is 5.70 Å². The number of benzene rings is 2. The molecule has 8 nitrogen and oxygen atoms in total. The first-order chi connectivity index (χ1) is 16.5. The van der Waals surface area contributed by atoms with Gasteiger partial charge in [0.05, 0.1) is 11.0 Å². The first kappa shape index (κ1) is 12.1. The lowest BCUT2D eigenvalue weighted by Gasteiger charge is -2.10. The van der Waals surface area contributed by atoms with E-state index in [1.807, 2.05) is 0 Å². The molecule has 1 atom stereocenters. The largest absolute Gasteiger partial charge is 0.460 e. The maximum atomic E-state index is 12.8. The number of hydrogen-bond acceptors (Lipinski definition) is 8. The molecule has 2 aromatic rings. The van der Waals surface area contributed by atoms with Crippen LogP contribution in [0, 0.1) is 6.92 Å². The molecule has 1 unspecified atom stereocenters.